The number of imidazole rings is 2. The molecule has 4 amide bonds. The number of fused-ring (bicyclic) bond motifs is 3. The smallest absolute Gasteiger partial charge is 0.407 e. The molecule has 2 aromatic carbocycles. The molecule has 4 N–H and O–H groups in total. The molecule has 3 unspecified atom stereocenters. The molecule has 14 heteroatoms. The second-order valence-electron chi connectivity index (χ2n) is 15.4. The van der Waals surface area contributed by atoms with Crippen molar-refractivity contribution in [1.29, 1.82) is 0 Å². The number of rotatable bonds is 10. The van der Waals surface area contributed by atoms with Gasteiger partial charge in [-0.05, 0) is 78.7 Å². The zero-order valence-corrected chi connectivity index (χ0v) is 31.7. The predicted molar refractivity (Wildman–Crippen MR) is 202 cm³/mol. The van der Waals surface area contributed by atoms with Crippen molar-refractivity contribution >= 4 is 35.0 Å². The lowest BCUT2D eigenvalue weighted by Crippen LogP contribution is -2.54. The molecule has 54 heavy (non-hydrogen) atoms. The van der Waals surface area contributed by atoms with Gasteiger partial charge in [0.05, 0.1) is 49.2 Å². The van der Waals surface area contributed by atoms with Crippen LogP contribution in [0.25, 0.3) is 33.4 Å². The number of ether oxygens (including phenoxy) is 2. The fourth-order valence-electron chi connectivity index (χ4n) is 8.55. The molecule has 7 rings (SSSR count). The minimum Gasteiger partial charge on any atom is -0.453 e. The van der Waals surface area contributed by atoms with Gasteiger partial charge in [-0.2, -0.15) is 0 Å². The van der Waals surface area contributed by atoms with E-state index in [1.807, 2.05) is 55.8 Å². The normalized spacial score (nSPS) is 21.9. The highest BCUT2D eigenvalue weighted by molar-refractivity contribution is 5.88. The Morgan fingerprint density at radius 1 is 0.796 bits per heavy atom. The Bertz CT molecular complexity index is 2020. The molecule has 6 atom stereocenters. The van der Waals surface area contributed by atoms with E-state index in [9.17, 15) is 19.2 Å². The Balaban J connectivity index is 1.07. The summed E-state index contributed by atoms with van der Waals surface area (Å²) in [4.78, 5) is 72.0. The number of piperidine rings is 1. The van der Waals surface area contributed by atoms with E-state index in [-0.39, 0.29) is 41.8 Å². The zero-order valence-electron chi connectivity index (χ0n) is 31.7. The molecule has 2 aliphatic heterocycles. The summed E-state index contributed by atoms with van der Waals surface area (Å²) in [6.07, 6.45) is 5.12. The summed E-state index contributed by atoms with van der Waals surface area (Å²) in [6, 6.07) is 12.7. The number of hydrogen-bond acceptors (Lipinski definition) is 8. The maximum absolute atomic E-state index is 13.9. The van der Waals surface area contributed by atoms with Gasteiger partial charge in [-0.1, -0.05) is 58.0 Å². The Kier molecular flexibility index (Phi) is 10.4. The molecule has 1 saturated carbocycles. The average molecular weight is 739 g/mol. The van der Waals surface area contributed by atoms with E-state index in [0.29, 0.717) is 12.5 Å². The van der Waals surface area contributed by atoms with Gasteiger partial charge in [0.2, 0.25) is 11.8 Å². The topological polar surface area (TPSA) is 175 Å². The number of nitrogens with one attached hydrogen (secondary N) is 4. The summed E-state index contributed by atoms with van der Waals surface area (Å²) in [5, 5.41) is 5.45. The summed E-state index contributed by atoms with van der Waals surface area (Å²) in [7, 11) is 2.59. The van der Waals surface area contributed by atoms with Crippen LogP contribution in [-0.4, -0.2) is 92.6 Å². The van der Waals surface area contributed by atoms with Crippen LogP contribution in [-0.2, 0) is 19.1 Å². The molecule has 0 spiro atoms. The fourth-order valence-corrected chi connectivity index (χ4v) is 8.55. The lowest BCUT2D eigenvalue weighted by Gasteiger charge is -2.37. The number of methoxy groups -OCH3 is 2. The number of carbonyl (C=O) groups excluding carboxylic acids is 4. The van der Waals surface area contributed by atoms with Crippen LogP contribution >= 0.6 is 0 Å². The first-order chi connectivity index (χ1) is 26.0. The van der Waals surface area contributed by atoms with Crippen molar-refractivity contribution < 1.29 is 28.7 Å². The van der Waals surface area contributed by atoms with E-state index in [4.69, 9.17) is 19.4 Å². The Morgan fingerprint density at radius 3 is 2.11 bits per heavy atom. The minimum absolute atomic E-state index is 0.0991. The first kappa shape index (κ1) is 36.9. The third kappa shape index (κ3) is 7.01. The van der Waals surface area contributed by atoms with Crippen LogP contribution in [0.3, 0.4) is 0 Å². The molecule has 14 nitrogen and oxygen atoms in total. The first-order valence-corrected chi connectivity index (χ1v) is 18.9. The van der Waals surface area contributed by atoms with Gasteiger partial charge in [-0.15, -0.1) is 0 Å². The van der Waals surface area contributed by atoms with Gasteiger partial charge in [-0.3, -0.25) is 9.59 Å². The van der Waals surface area contributed by atoms with Gasteiger partial charge in [0.25, 0.3) is 0 Å². The molecule has 2 aromatic heterocycles. The monoisotopic (exact) mass is 738 g/mol. The van der Waals surface area contributed by atoms with Gasteiger partial charge in [0, 0.05) is 12.6 Å². The Morgan fingerprint density at radius 2 is 1.44 bits per heavy atom. The number of H-pyrrole nitrogens is 2. The van der Waals surface area contributed by atoms with Crippen LogP contribution in [0.2, 0.25) is 0 Å². The number of likely N-dealkylation sites (tertiary alicyclic amines) is 2. The standard InChI is InChI=1S/C40H50N8O6/c1-21(2)32(45-39(51)53-5)37(49)47-17-7-8-31(47)35-42-28-16-14-25(19-29(28)43-35)23-9-11-24(12-10-23)30-20-41-36(44-30)34-26-13-15-27(18-26)48(34)38(50)33(22(3)4)46-40(52)54-6/h9-12,14,16,19-22,26-27,31-34H,7-8,13,15,17-18H2,1-6H3,(H,41,44)(H,42,43)(H,45,51)(H,46,52)/t26?,27?,31-,32-,33-,34?/m0/s1. The highest BCUT2D eigenvalue weighted by atomic mass is 16.5. The Hall–Kier alpha value is -5.40. The summed E-state index contributed by atoms with van der Waals surface area (Å²) >= 11 is 0. The van der Waals surface area contributed by atoms with Crippen LogP contribution in [0.5, 0.6) is 0 Å². The number of carbonyl (C=O) groups is 4. The second kappa shape index (κ2) is 15.2. The van der Waals surface area contributed by atoms with Crippen LogP contribution in [0.15, 0.2) is 48.7 Å². The highest BCUT2D eigenvalue weighted by Gasteiger charge is 2.51. The van der Waals surface area contributed by atoms with E-state index in [1.54, 1.807) is 0 Å². The molecule has 1 aliphatic carbocycles. The molecule has 286 valence electrons. The van der Waals surface area contributed by atoms with Crippen molar-refractivity contribution in [3.05, 3.63) is 60.3 Å². The highest BCUT2D eigenvalue weighted by Crippen LogP contribution is 2.50. The summed E-state index contributed by atoms with van der Waals surface area (Å²) in [5.74, 6) is 1.35. The minimum atomic E-state index is -0.693. The molecule has 0 radical (unpaired) electrons. The molecular formula is C40H50N8O6. The second-order valence-corrected chi connectivity index (χ2v) is 15.4. The van der Waals surface area contributed by atoms with Crippen molar-refractivity contribution in [2.45, 2.75) is 90.0 Å². The number of aromatic amines is 2. The van der Waals surface area contributed by atoms with Crippen molar-refractivity contribution in [1.82, 2.24) is 40.4 Å². The SMILES string of the molecule is COC(=O)N[C@H](C(=O)N1C2CCC(C2)C1c1ncc(-c2ccc(-c3ccc4nc([C@@H]5CCCN5C(=O)[C@@H](NC(=O)OC)C(C)C)[nH]c4c3)cc2)[nH]1)C(C)C. The number of hydrogen-bond donors (Lipinski definition) is 4. The Labute approximate surface area is 314 Å². The summed E-state index contributed by atoms with van der Waals surface area (Å²) < 4.78 is 9.58. The van der Waals surface area contributed by atoms with Crippen molar-refractivity contribution in [3.8, 4) is 22.4 Å². The quantitative estimate of drug-likeness (QED) is 0.151. The van der Waals surface area contributed by atoms with E-state index in [2.05, 4.69) is 50.9 Å². The number of aromatic nitrogens is 4. The third-order valence-electron chi connectivity index (χ3n) is 11.4. The van der Waals surface area contributed by atoms with Gasteiger partial charge in [-0.25, -0.2) is 19.6 Å². The van der Waals surface area contributed by atoms with Crippen LogP contribution in [0, 0.1) is 17.8 Å². The number of alkyl carbamates (subject to hydrolysis) is 2. The van der Waals surface area contributed by atoms with Gasteiger partial charge in [0.1, 0.15) is 23.7 Å². The number of amides is 4. The lowest BCUT2D eigenvalue weighted by atomic mass is 9.95. The molecule has 4 aromatic rings. The maximum atomic E-state index is 13.9. The van der Waals surface area contributed by atoms with Crippen LogP contribution < -0.4 is 10.6 Å². The molecule has 3 fully saturated rings. The van der Waals surface area contributed by atoms with E-state index in [0.717, 1.165) is 77.2 Å². The van der Waals surface area contributed by atoms with Crippen LogP contribution in [0.1, 0.15) is 83.5 Å². The largest absolute Gasteiger partial charge is 0.453 e. The van der Waals surface area contributed by atoms with Gasteiger partial charge in [0.15, 0.2) is 0 Å². The molecule has 4 heterocycles. The van der Waals surface area contributed by atoms with Gasteiger partial charge < -0.3 is 39.9 Å². The maximum Gasteiger partial charge on any atom is 0.407 e. The van der Waals surface area contributed by atoms with E-state index in [1.165, 1.54) is 14.2 Å². The molecule has 2 saturated heterocycles. The van der Waals surface area contributed by atoms with Crippen molar-refractivity contribution in [2.75, 3.05) is 20.8 Å². The molecule has 3 aliphatic rings. The first-order valence-electron chi connectivity index (χ1n) is 18.9. The average Bonchev–Trinajstić information content (AvgIpc) is 4.02. The number of benzene rings is 2. The molecular weight excluding hydrogens is 688 g/mol. The summed E-state index contributed by atoms with van der Waals surface area (Å²) in [6.45, 7) is 8.24. The fraction of sp³-hybridized carbons (Fsp3) is 0.500. The van der Waals surface area contributed by atoms with E-state index < -0.39 is 24.3 Å². The third-order valence-corrected chi connectivity index (χ3v) is 11.4. The van der Waals surface area contributed by atoms with Crippen LogP contribution in [0.4, 0.5) is 9.59 Å². The zero-order chi connectivity index (χ0) is 38.3. The summed E-state index contributed by atoms with van der Waals surface area (Å²) in [5.41, 5.74) is 5.59. The number of nitrogens with zero attached hydrogens (tertiary/aromatic N) is 4. The van der Waals surface area contributed by atoms with Crippen molar-refractivity contribution in [2.24, 2.45) is 17.8 Å². The van der Waals surface area contributed by atoms with E-state index >= 15 is 0 Å². The molecule has 2 bridgehead atoms. The van der Waals surface area contributed by atoms with Gasteiger partial charge >= 0.3 is 12.2 Å². The van der Waals surface area contributed by atoms with Crippen molar-refractivity contribution in [3.63, 3.8) is 0 Å². The lowest BCUT2D eigenvalue weighted by molar-refractivity contribution is -0.139. The predicted octanol–water partition coefficient (Wildman–Crippen LogP) is 6.10.